The number of amides is 2. The number of carboxylic acids is 1. The standard InChI is InChI=1S/C22H24N2O5/c1-23(13-15-7-11-17(12-8-15)29-14-20(25)26)22(28)18-5-3-4-6-19(18)24(2)21(27)16-9-10-16/h3-8,11-12,16H,9-10,13-14H2,1-2H3,(H,25,26). The predicted octanol–water partition coefficient (Wildman–Crippen LogP) is 2.80. The molecule has 0 radical (unpaired) electrons. The first kappa shape index (κ1) is 20.4. The van der Waals surface area contributed by atoms with Crippen LogP contribution in [0.2, 0.25) is 0 Å². The van der Waals surface area contributed by atoms with Crippen molar-refractivity contribution < 1.29 is 24.2 Å². The summed E-state index contributed by atoms with van der Waals surface area (Å²) < 4.78 is 5.12. The third-order valence-corrected chi connectivity index (χ3v) is 4.81. The van der Waals surface area contributed by atoms with Crippen LogP contribution in [0.3, 0.4) is 0 Å². The van der Waals surface area contributed by atoms with Gasteiger partial charge in [0.2, 0.25) is 5.91 Å². The van der Waals surface area contributed by atoms with Crippen LogP contribution in [0.1, 0.15) is 28.8 Å². The first-order chi connectivity index (χ1) is 13.9. The van der Waals surface area contributed by atoms with Crippen molar-refractivity contribution >= 4 is 23.5 Å². The Kier molecular flexibility index (Phi) is 6.16. The van der Waals surface area contributed by atoms with E-state index < -0.39 is 12.6 Å². The molecule has 0 heterocycles. The Morgan fingerprint density at radius 1 is 1.03 bits per heavy atom. The van der Waals surface area contributed by atoms with Gasteiger partial charge in [-0.3, -0.25) is 9.59 Å². The molecule has 3 rings (SSSR count). The summed E-state index contributed by atoms with van der Waals surface area (Å²) in [6.07, 6.45) is 1.82. The van der Waals surface area contributed by atoms with E-state index in [4.69, 9.17) is 9.84 Å². The van der Waals surface area contributed by atoms with Crippen molar-refractivity contribution in [2.24, 2.45) is 5.92 Å². The van der Waals surface area contributed by atoms with Crippen molar-refractivity contribution in [1.82, 2.24) is 4.90 Å². The van der Waals surface area contributed by atoms with Crippen molar-refractivity contribution in [3.63, 3.8) is 0 Å². The molecule has 7 heteroatoms. The Morgan fingerprint density at radius 2 is 1.69 bits per heavy atom. The van der Waals surface area contributed by atoms with Crippen LogP contribution in [-0.2, 0) is 16.1 Å². The van der Waals surface area contributed by atoms with E-state index in [2.05, 4.69) is 0 Å². The molecule has 2 amide bonds. The minimum Gasteiger partial charge on any atom is -0.482 e. The Morgan fingerprint density at radius 3 is 2.31 bits per heavy atom. The van der Waals surface area contributed by atoms with Gasteiger partial charge in [0.25, 0.3) is 5.91 Å². The fraction of sp³-hybridized carbons (Fsp3) is 0.318. The zero-order chi connectivity index (χ0) is 21.0. The first-order valence-corrected chi connectivity index (χ1v) is 9.42. The molecule has 1 saturated carbocycles. The van der Waals surface area contributed by atoms with Crippen LogP contribution < -0.4 is 9.64 Å². The number of aliphatic carboxylic acids is 1. The molecule has 0 saturated heterocycles. The van der Waals surface area contributed by atoms with Gasteiger partial charge < -0.3 is 19.6 Å². The Hall–Kier alpha value is -3.35. The van der Waals surface area contributed by atoms with E-state index in [0.717, 1.165) is 18.4 Å². The lowest BCUT2D eigenvalue weighted by Gasteiger charge is -2.23. The summed E-state index contributed by atoms with van der Waals surface area (Å²) in [4.78, 5) is 39.2. The molecule has 0 aliphatic heterocycles. The Labute approximate surface area is 169 Å². The molecular formula is C22H24N2O5. The number of anilines is 1. The van der Waals surface area contributed by atoms with Crippen molar-refractivity contribution in [1.29, 1.82) is 0 Å². The molecule has 152 valence electrons. The van der Waals surface area contributed by atoms with Gasteiger partial charge in [0.05, 0.1) is 11.3 Å². The first-order valence-electron chi connectivity index (χ1n) is 9.42. The molecule has 7 nitrogen and oxygen atoms in total. The number of hydrogen-bond donors (Lipinski definition) is 1. The van der Waals surface area contributed by atoms with Crippen molar-refractivity contribution in [3.05, 3.63) is 59.7 Å². The maximum atomic E-state index is 13.0. The molecule has 1 aliphatic rings. The van der Waals surface area contributed by atoms with E-state index in [1.165, 1.54) is 0 Å². The zero-order valence-corrected chi connectivity index (χ0v) is 16.5. The van der Waals surface area contributed by atoms with Gasteiger partial charge in [-0.15, -0.1) is 0 Å². The molecule has 0 aromatic heterocycles. The molecule has 0 atom stereocenters. The SMILES string of the molecule is CN(Cc1ccc(OCC(=O)O)cc1)C(=O)c1ccccc1N(C)C(=O)C1CC1. The van der Waals surface area contributed by atoms with Gasteiger partial charge in [0.1, 0.15) is 5.75 Å². The van der Waals surface area contributed by atoms with E-state index in [-0.39, 0.29) is 17.7 Å². The second kappa shape index (κ2) is 8.77. The molecule has 29 heavy (non-hydrogen) atoms. The number of hydrogen-bond acceptors (Lipinski definition) is 4. The molecule has 0 unspecified atom stereocenters. The average Bonchev–Trinajstić information content (AvgIpc) is 3.57. The lowest BCUT2D eigenvalue weighted by Crippen LogP contribution is -2.32. The zero-order valence-electron chi connectivity index (χ0n) is 16.5. The summed E-state index contributed by atoms with van der Waals surface area (Å²) >= 11 is 0. The van der Waals surface area contributed by atoms with Crippen molar-refractivity contribution in [3.8, 4) is 5.75 Å². The number of nitrogens with zero attached hydrogens (tertiary/aromatic N) is 2. The topological polar surface area (TPSA) is 87.2 Å². The predicted molar refractivity (Wildman–Crippen MR) is 108 cm³/mol. The normalized spacial score (nSPS) is 12.9. The number of carbonyl (C=O) groups is 3. The third kappa shape index (κ3) is 5.13. The molecular weight excluding hydrogens is 372 g/mol. The van der Waals surface area contributed by atoms with Crippen molar-refractivity contribution in [2.45, 2.75) is 19.4 Å². The monoisotopic (exact) mass is 396 g/mol. The average molecular weight is 396 g/mol. The second-order valence-electron chi connectivity index (χ2n) is 7.18. The fourth-order valence-corrected chi connectivity index (χ4v) is 3.06. The van der Waals surface area contributed by atoms with Gasteiger partial charge >= 0.3 is 5.97 Å². The highest BCUT2D eigenvalue weighted by atomic mass is 16.5. The maximum Gasteiger partial charge on any atom is 0.341 e. The molecule has 1 aliphatic carbocycles. The smallest absolute Gasteiger partial charge is 0.341 e. The number of para-hydroxylation sites is 1. The number of carboxylic acid groups (broad SMARTS) is 1. The van der Waals surface area contributed by atoms with Crippen LogP contribution in [0, 0.1) is 5.92 Å². The van der Waals surface area contributed by atoms with Crippen LogP contribution in [0.5, 0.6) is 5.75 Å². The minimum atomic E-state index is -1.04. The van der Waals surface area contributed by atoms with Crippen LogP contribution in [0.4, 0.5) is 5.69 Å². The molecule has 1 fully saturated rings. The summed E-state index contributed by atoms with van der Waals surface area (Å²) in [6, 6.07) is 14.0. The highest BCUT2D eigenvalue weighted by Crippen LogP contribution is 2.33. The van der Waals surface area contributed by atoms with Gasteiger partial charge in [-0.2, -0.15) is 0 Å². The van der Waals surface area contributed by atoms with Crippen molar-refractivity contribution in [2.75, 3.05) is 25.6 Å². The Balaban J connectivity index is 1.69. The van der Waals surface area contributed by atoms with Crippen LogP contribution >= 0.6 is 0 Å². The quantitative estimate of drug-likeness (QED) is 0.741. The second-order valence-corrected chi connectivity index (χ2v) is 7.18. The highest BCUT2D eigenvalue weighted by molar-refractivity contribution is 6.05. The van der Waals surface area contributed by atoms with E-state index >= 15 is 0 Å². The number of ether oxygens (including phenoxy) is 1. The summed E-state index contributed by atoms with van der Waals surface area (Å²) in [6.45, 7) is -0.0335. The number of benzene rings is 2. The molecule has 0 bridgehead atoms. The lowest BCUT2D eigenvalue weighted by molar-refractivity contribution is -0.139. The van der Waals surface area contributed by atoms with Gasteiger partial charge in [-0.05, 0) is 42.7 Å². The van der Waals surface area contributed by atoms with Gasteiger partial charge in [-0.1, -0.05) is 24.3 Å². The van der Waals surface area contributed by atoms with Gasteiger partial charge in [0.15, 0.2) is 6.61 Å². The summed E-state index contributed by atoms with van der Waals surface area (Å²) in [5.41, 5.74) is 1.97. The highest BCUT2D eigenvalue weighted by Gasteiger charge is 2.33. The molecule has 1 N–H and O–H groups in total. The maximum absolute atomic E-state index is 13.0. The number of rotatable bonds is 8. The van der Waals surface area contributed by atoms with Gasteiger partial charge in [-0.25, -0.2) is 4.79 Å². The fourth-order valence-electron chi connectivity index (χ4n) is 3.06. The van der Waals surface area contributed by atoms with E-state index in [0.29, 0.717) is 23.5 Å². The summed E-state index contributed by atoms with van der Waals surface area (Å²) in [5.74, 6) is -0.645. The summed E-state index contributed by atoms with van der Waals surface area (Å²) in [5, 5.41) is 8.65. The van der Waals surface area contributed by atoms with Gasteiger partial charge in [0, 0.05) is 26.6 Å². The molecule has 2 aromatic carbocycles. The number of carbonyl (C=O) groups excluding carboxylic acids is 2. The van der Waals surface area contributed by atoms with E-state index in [9.17, 15) is 14.4 Å². The molecule has 2 aromatic rings. The van der Waals surface area contributed by atoms with Crippen LogP contribution in [-0.4, -0.2) is 48.5 Å². The van der Waals surface area contributed by atoms with Crippen LogP contribution in [0.15, 0.2) is 48.5 Å². The Bertz CT molecular complexity index is 906. The van der Waals surface area contributed by atoms with E-state index in [1.54, 1.807) is 66.4 Å². The largest absolute Gasteiger partial charge is 0.482 e. The van der Waals surface area contributed by atoms with E-state index in [1.807, 2.05) is 6.07 Å². The minimum absolute atomic E-state index is 0.0462. The lowest BCUT2D eigenvalue weighted by atomic mass is 10.1. The molecule has 0 spiro atoms. The third-order valence-electron chi connectivity index (χ3n) is 4.81. The van der Waals surface area contributed by atoms with Crippen LogP contribution in [0.25, 0.3) is 0 Å². The summed E-state index contributed by atoms with van der Waals surface area (Å²) in [7, 11) is 3.42.